The van der Waals surface area contributed by atoms with E-state index in [1.165, 1.54) is 4.90 Å². The number of hydrogen-bond acceptors (Lipinski definition) is 4. The highest BCUT2D eigenvalue weighted by Crippen LogP contribution is 2.37. The molecular formula is C15H23N3O3. The van der Waals surface area contributed by atoms with Gasteiger partial charge >= 0.3 is 6.03 Å². The molecule has 2 bridgehead atoms. The summed E-state index contributed by atoms with van der Waals surface area (Å²) in [4.78, 5) is 41.1. The maximum Gasteiger partial charge on any atom is 0.331 e. The number of carbonyl (C=O) groups is 3. The van der Waals surface area contributed by atoms with Crippen LogP contribution >= 0.6 is 0 Å². The number of fused-ring (bicyclic) bond motifs is 3. The van der Waals surface area contributed by atoms with Gasteiger partial charge in [-0.25, -0.2) is 4.79 Å². The fourth-order valence-electron chi connectivity index (χ4n) is 4.10. The second kappa shape index (κ2) is 5.09. The third-order valence-corrected chi connectivity index (χ3v) is 5.66. The van der Waals surface area contributed by atoms with Crippen molar-refractivity contribution >= 4 is 17.8 Å². The van der Waals surface area contributed by atoms with Crippen molar-refractivity contribution in [1.29, 1.82) is 0 Å². The van der Waals surface area contributed by atoms with Crippen molar-refractivity contribution in [3.8, 4) is 0 Å². The van der Waals surface area contributed by atoms with Crippen molar-refractivity contribution in [3.63, 3.8) is 0 Å². The van der Waals surface area contributed by atoms with Crippen molar-refractivity contribution in [1.82, 2.24) is 15.1 Å². The first-order chi connectivity index (χ1) is 10.0. The van der Waals surface area contributed by atoms with Crippen LogP contribution in [0.15, 0.2) is 0 Å². The van der Waals surface area contributed by atoms with Gasteiger partial charge in [-0.2, -0.15) is 0 Å². The van der Waals surface area contributed by atoms with E-state index in [9.17, 15) is 14.4 Å². The Morgan fingerprint density at radius 2 is 1.76 bits per heavy atom. The zero-order chi connectivity index (χ0) is 15.2. The Morgan fingerprint density at radius 3 is 2.24 bits per heavy atom. The fraction of sp³-hybridized carbons (Fsp3) is 0.800. The highest BCUT2D eigenvalue weighted by Gasteiger charge is 2.55. The molecule has 0 radical (unpaired) electrons. The normalized spacial score (nSPS) is 35.0. The van der Waals surface area contributed by atoms with E-state index in [1.807, 2.05) is 13.8 Å². The number of imide groups is 2. The Labute approximate surface area is 124 Å². The average Bonchev–Trinajstić information content (AvgIpc) is 2.49. The van der Waals surface area contributed by atoms with Crippen LogP contribution in [0.25, 0.3) is 0 Å². The summed E-state index contributed by atoms with van der Waals surface area (Å²) >= 11 is 0. The standard InChI is InChI=1S/C15H23N3O3/c1-3-15(4-2)12(19)16-14(21)18(13(15)20)11-9-17-7-5-10(11)6-8-17/h10-11H,3-9H2,1-2H3,(H,16,19,21). The van der Waals surface area contributed by atoms with E-state index in [4.69, 9.17) is 0 Å². The van der Waals surface area contributed by atoms with E-state index in [0.29, 0.717) is 18.8 Å². The minimum atomic E-state index is -1.07. The summed E-state index contributed by atoms with van der Waals surface area (Å²) in [7, 11) is 0. The number of nitrogens with one attached hydrogen (secondary N) is 1. The molecular weight excluding hydrogens is 270 g/mol. The molecule has 6 nitrogen and oxygen atoms in total. The van der Waals surface area contributed by atoms with E-state index in [0.717, 1.165) is 32.5 Å². The summed E-state index contributed by atoms with van der Waals surface area (Å²) in [5, 5.41) is 2.42. The predicted molar refractivity (Wildman–Crippen MR) is 76.4 cm³/mol. The van der Waals surface area contributed by atoms with Crippen LogP contribution in [0.4, 0.5) is 4.79 Å². The summed E-state index contributed by atoms with van der Waals surface area (Å²) in [5.74, 6) is -0.343. The molecule has 4 heterocycles. The second-order valence-electron chi connectivity index (χ2n) is 6.43. The number of barbiturate groups is 1. The SMILES string of the molecule is CCC1(CC)C(=O)NC(=O)N(C2CN3CCC2CC3)C1=O. The molecule has 0 spiro atoms. The fourth-order valence-corrected chi connectivity index (χ4v) is 4.10. The lowest BCUT2D eigenvalue weighted by atomic mass is 9.76. The van der Waals surface area contributed by atoms with Crippen LogP contribution in [0, 0.1) is 11.3 Å². The lowest BCUT2D eigenvalue weighted by Crippen LogP contribution is -2.70. The topological polar surface area (TPSA) is 69.7 Å². The molecule has 0 aromatic heterocycles. The molecule has 4 aliphatic heterocycles. The lowest BCUT2D eigenvalue weighted by Gasteiger charge is -2.50. The van der Waals surface area contributed by atoms with Gasteiger partial charge in [0.15, 0.2) is 0 Å². The van der Waals surface area contributed by atoms with Crippen LogP contribution < -0.4 is 5.32 Å². The van der Waals surface area contributed by atoms with Gasteiger partial charge in [0.1, 0.15) is 5.41 Å². The van der Waals surface area contributed by atoms with Gasteiger partial charge in [-0.15, -0.1) is 0 Å². The second-order valence-corrected chi connectivity index (χ2v) is 6.43. The van der Waals surface area contributed by atoms with Crippen LogP contribution in [-0.4, -0.2) is 53.3 Å². The number of rotatable bonds is 3. The Kier molecular flexibility index (Phi) is 3.51. The van der Waals surface area contributed by atoms with Gasteiger partial charge in [0.2, 0.25) is 11.8 Å². The Morgan fingerprint density at radius 1 is 1.14 bits per heavy atom. The highest BCUT2D eigenvalue weighted by atomic mass is 16.2. The molecule has 6 heteroatoms. The van der Waals surface area contributed by atoms with E-state index in [-0.39, 0.29) is 11.9 Å². The first kappa shape index (κ1) is 14.5. The largest absolute Gasteiger partial charge is 0.331 e. The summed E-state index contributed by atoms with van der Waals surface area (Å²) in [6.45, 7) is 6.53. The molecule has 21 heavy (non-hydrogen) atoms. The van der Waals surface area contributed by atoms with E-state index in [1.54, 1.807) is 0 Å². The number of urea groups is 1. The molecule has 4 aliphatic rings. The molecule has 1 unspecified atom stereocenters. The summed E-state index contributed by atoms with van der Waals surface area (Å²) in [6.07, 6.45) is 2.92. The Bertz CT molecular complexity index is 479. The molecule has 0 aromatic rings. The molecule has 4 fully saturated rings. The molecule has 0 aromatic carbocycles. The molecule has 0 aliphatic carbocycles. The van der Waals surface area contributed by atoms with Crippen LogP contribution in [-0.2, 0) is 9.59 Å². The monoisotopic (exact) mass is 293 g/mol. The van der Waals surface area contributed by atoms with E-state index in [2.05, 4.69) is 10.2 Å². The van der Waals surface area contributed by atoms with Gasteiger partial charge in [0.25, 0.3) is 0 Å². The number of carbonyl (C=O) groups excluding carboxylic acids is 3. The molecule has 4 rings (SSSR count). The first-order valence-electron chi connectivity index (χ1n) is 7.95. The van der Waals surface area contributed by atoms with Crippen LogP contribution in [0.5, 0.6) is 0 Å². The zero-order valence-electron chi connectivity index (χ0n) is 12.7. The van der Waals surface area contributed by atoms with Crippen LogP contribution in [0.3, 0.4) is 0 Å². The molecule has 1 atom stereocenters. The van der Waals surface area contributed by atoms with Gasteiger partial charge < -0.3 is 4.90 Å². The van der Waals surface area contributed by atoms with Crippen LogP contribution in [0.2, 0.25) is 0 Å². The van der Waals surface area contributed by atoms with Crippen molar-refractivity contribution in [2.45, 2.75) is 45.6 Å². The third-order valence-electron chi connectivity index (χ3n) is 5.66. The van der Waals surface area contributed by atoms with Gasteiger partial charge in [0.05, 0.1) is 6.04 Å². The number of nitrogens with zero attached hydrogens (tertiary/aromatic N) is 2. The number of hydrogen-bond donors (Lipinski definition) is 1. The summed E-state index contributed by atoms with van der Waals surface area (Å²) < 4.78 is 0. The third kappa shape index (κ3) is 1.99. The molecule has 1 N–H and O–H groups in total. The van der Waals surface area contributed by atoms with Crippen LogP contribution in [0.1, 0.15) is 39.5 Å². The minimum absolute atomic E-state index is 0.0782. The van der Waals surface area contributed by atoms with Gasteiger partial charge in [0, 0.05) is 6.54 Å². The van der Waals surface area contributed by atoms with Crippen molar-refractivity contribution in [2.75, 3.05) is 19.6 Å². The van der Waals surface area contributed by atoms with Crippen molar-refractivity contribution in [3.05, 3.63) is 0 Å². The predicted octanol–water partition coefficient (Wildman–Crippen LogP) is 0.965. The van der Waals surface area contributed by atoms with Gasteiger partial charge in [-0.3, -0.25) is 19.8 Å². The molecule has 0 saturated carbocycles. The van der Waals surface area contributed by atoms with E-state index >= 15 is 0 Å². The maximum atomic E-state index is 12.9. The lowest BCUT2D eigenvalue weighted by molar-refractivity contribution is -0.156. The average molecular weight is 293 g/mol. The van der Waals surface area contributed by atoms with Gasteiger partial charge in [-0.1, -0.05) is 13.8 Å². The quantitative estimate of drug-likeness (QED) is 0.787. The summed E-state index contributed by atoms with van der Waals surface area (Å²) in [6, 6.07) is -0.605. The van der Waals surface area contributed by atoms with Gasteiger partial charge in [-0.05, 0) is 44.7 Å². The minimum Gasteiger partial charge on any atom is -0.301 e. The smallest absolute Gasteiger partial charge is 0.301 e. The molecule has 4 amide bonds. The van der Waals surface area contributed by atoms with E-state index < -0.39 is 17.4 Å². The Balaban J connectivity index is 1.92. The summed E-state index contributed by atoms with van der Waals surface area (Å²) in [5.41, 5.74) is -1.07. The zero-order valence-corrected chi connectivity index (χ0v) is 12.7. The number of piperidine rings is 3. The first-order valence-corrected chi connectivity index (χ1v) is 7.95. The van der Waals surface area contributed by atoms with Crippen molar-refractivity contribution in [2.24, 2.45) is 11.3 Å². The molecule has 4 saturated heterocycles. The maximum absolute atomic E-state index is 12.9. The Hall–Kier alpha value is -1.43. The number of amides is 4. The van der Waals surface area contributed by atoms with Crippen molar-refractivity contribution < 1.29 is 14.4 Å². The highest BCUT2D eigenvalue weighted by molar-refractivity contribution is 6.19. The molecule has 116 valence electrons.